The maximum atomic E-state index is 12.4. The summed E-state index contributed by atoms with van der Waals surface area (Å²) in [5.41, 5.74) is 10.5. The molecule has 0 spiro atoms. The molecule has 0 amide bonds. The monoisotopic (exact) mass is 334 g/mol. The molecule has 3 N–H and O–H groups in total. The Labute approximate surface area is 141 Å². The van der Waals surface area contributed by atoms with Crippen molar-refractivity contribution < 1.29 is 14.1 Å². The topological polar surface area (TPSA) is 49.5 Å². The SMILES string of the molecule is CC(O)c1ccc(CCc2ccc(CN)cc2)c(CCN(F)F)c1. The Balaban J connectivity index is 2.11. The molecule has 2 rings (SSSR count). The van der Waals surface area contributed by atoms with Crippen LogP contribution < -0.4 is 5.73 Å². The lowest BCUT2D eigenvalue weighted by Gasteiger charge is -2.14. The molecule has 1 unspecified atom stereocenters. The van der Waals surface area contributed by atoms with Crippen molar-refractivity contribution in [1.29, 1.82) is 0 Å². The van der Waals surface area contributed by atoms with E-state index in [4.69, 9.17) is 5.73 Å². The van der Waals surface area contributed by atoms with Gasteiger partial charge >= 0.3 is 0 Å². The van der Waals surface area contributed by atoms with E-state index in [1.54, 1.807) is 6.92 Å². The van der Waals surface area contributed by atoms with Crippen molar-refractivity contribution in [3.05, 3.63) is 70.3 Å². The largest absolute Gasteiger partial charge is 0.389 e. The Kier molecular flexibility index (Phi) is 6.85. The molecule has 0 saturated carbocycles. The van der Waals surface area contributed by atoms with E-state index < -0.39 is 11.4 Å². The smallest absolute Gasteiger partial charge is 0.0762 e. The number of nitrogens with two attached hydrogens (primary N) is 1. The quantitative estimate of drug-likeness (QED) is 0.725. The lowest BCUT2D eigenvalue weighted by molar-refractivity contribution is -0.151. The molecular weight excluding hydrogens is 310 g/mol. The minimum absolute atomic E-state index is 0.259. The van der Waals surface area contributed by atoms with E-state index >= 15 is 0 Å². The van der Waals surface area contributed by atoms with Crippen LogP contribution in [0.5, 0.6) is 0 Å². The summed E-state index contributed by atoms with van der Waals surface area (Å²) in [7, 11) is 0. The molecular formula is C19H24F2N2O. The number of rotatable bonds is 8. The standard InChI is InChI=1S/C19H24F2N2O/c1-14(24)18-9-8-17(19(12-18)10-11-23(20)21)7-6-15-2-4-16(13-22)5-3-15/h2-5,8-9,12,14,24H,6-7,10-11,13,22H2,1H3. The first-order valence-corrected chi connectivity index (χ1v) is 8.16. The average Bonchev–Trinajstić information content (AvgIpc) is 2.58. The zero-order valence-corrected chi connectivity index (χ0v) is 13.9. The maximum Gasteiger partial charge on any atom is 0.0762 e. The number of hydrogen-bond acceptors (Lipinski definition) is 3. The van der Waals surface area contributed by atoms with Crippen molar-refractivity contribution >= 4 is 0 Å². The van der Waals surface area contributed by atoms with Gasteiger partial charge in [-0.05, 0) is 54.0 Å². The van der Waals surface area contributed by atoms with Crippen molar-refractivity contribution in [2.75, 3.05) is 6.54 Å². The van der Waals surface area contributed by atoms with Crippen LogP contribution in [0.2, 0.25) is 0 Å². The number of benzene rings is 2. The van der Waals surface area contributed by atoms with Gasteiger partial charge in [-0.2, -0.15) is 0 Å². The van der Waals surface area contributed by atoms with Crippen molar-refractivity contribution in [3.63, 3.8) is 0 Å². The minimum Gasteiger partial charge on any atom is -0.389 e. The Morgan fingerprint density at radius 2 is 1.62 bits per heavy atom. The van der Waals surface area contributed by atoms with E-state index in [1.165, 1.54) is 5.56 Å². The van der Waals surface area contributed by atoms with Gasteiger partial charge in [-0.25, -0.2) is 0 Å². The van der Waals surface area contributed by atoms with Gasteiger partial charge in [-0.1, -0.05) is 42.5 Å². The van der Waals surface area contributed by atoms with Crippen LogP contribution in [-0.2, 0) is 25.8 Å². The molecule has 2 aromatic carbocycles. The number of aliphatic hydroxyl groups excluding tert-OH is 1. The van der Waals surface area contributed by atoms with Crippen LogP contribution in [0.4, 0.5) is 8.96 Å². The number of halogens is 2. The van der Waals surface area contributed by atoms with Crippen molar-refractivity contribution in [3.8, 4) is 0 Å². The fraction of sp³-hybridized carbons (Fsp3) is 0.368. The molecule has 0 bridgehead atoms. The van der Waals surface area contributed by atoms with Crippen LogP contribution in [0.25, 0.3) is 0 Å². The third-order valence-corrected chi connectivity index (χ3v) is 4.20. The van der Waals surface area contributed by atoms with Gasteiger partial charge in [0, 0.05) is 11.9 Å². The Morgan fingerprint density at radius 1 is 0.958 bits per heavy atom. The predicted molar refractivity (Wildman–Crippen MR) is 91.4 cm³/mol. The summed E-state index contributed by atoms with van der Waals surface area (Å²) < 4.78 is 24.8. The van der Waals surface area contributed by atoms with E-state index in [0.29, 0.717) is 6.54 Å². The van der Waals surface area contributed by atoms with Gasteiger partial charge in [0.15, 0.2) is 0 Å². The summed E-state index contributed by atoms with van der Waals surface area (Å²) in [5, 5.41) is 8.90. The molecule has 130 valence electrons. The molecule has 2 aromatic rings. The highest BCUT2D eigenvalue weighted by Gasteiger charge is 2.10. The summed E-state index contributed by atoms with van der Waals surface area (Å²) in [6.45, 7) is 1.88. The van der Waals surface area contributed by atoms with Gasteiger partial charge in [0.05, 0.1) is 12.6 Å². The average molecular weight is 334 g/mol. The third kappa shape index (κ3) is 5.37. The molecule has 0 aliphatic rings. The summed E-state index contributed by atoms with van der Waals surface area (Å²) in [6, 6.07) is 13.8. The van der Waals surface area contributed by atoms with E-state index in [2.05, 4.69) is 12.1 Å². The Bertz CT molecular complexity index is 642. The van der Waals surface area contributed by atoms with E-state index in [-0.39, 0.29) is 13.0 Å². The second-order valence-electron chi connectivity index (χ2n) is 6.00. The number of hydrogen-bond donors (Lipinski definition) is 2. The molecule has 0 aliphatic carbocycles. The van der Waals surface area contributed by atoms with E-state index in [1.807, 2.05) is 30.3 Å². The van der Waals surface area contributed by atoms with Crippen LogP contribution >= 0.6 is 0 Å². The fourth-order valence-electron chi connectivity index (χ4n) is 2.71. The lowest BCUT2D eigenvalue weighted by Crippen LogP contribution is -2.09. The van der Waals surface area contributed by atoms with Gasteiger partial charge in [-0.15, -0.1) is 8.96 Å². The van der Waals surface area contributed by atoms with Crippen molar-refractivity contribution in [1.82, 2.24) is 5.34 Å². The normalized spacial score (nSPS) is 12.6. The molecule has 0 aromatic heterocycles. The highest BCUT2D eigenvalue weighted by Crippen LogP contribution is 2.20. The number of aliphatic hydroxyl groups is 1. The van der Waals surface area contributed by atoms with Gasteiger partial charge in [-0.3, -0.25) is 0 Å². The van der Waals surface area contributed by atoms with Gasteiger partial charge < -0.3 is 10.8 Å². The number of nitrogens with zero attached hydrogens (tertiary/aromatic N) is 1. The molecule has 0 radical (unpaired) electrons. The zero-order valence-electron chi connectivity index (χ0n) is 13.9. The summed E-state index contributed by atoms with van der Waals surface area (Å²) in [6.07, 6.45) is 1.26. The first-order chi connectivity index (χ1) is 11.5. The molecule has 1 atom stereocenters. The molecule has 0 aliphatic heterocycles. The molecule has 3 nitrogen and oxygen atoms in total. The van der Waals surface area contributed by atoms with Crippen molar-refractivity contribution in [2.45, 2.75) is 38.8 Å². The first-order valence-electron chi connectivity index (χ1n) is 8.16. The zero-order chi connectivity index (χ0) is 17.5. The molecule has 0 heterocycles. The van der Waals surface area contributed by atoms with Crippen LogP contribution in [0.15, 0.2) is 42.5 Å². The summed E-state index contributed by atoms with van der Waals surface area (Å²) in [5.74, 6) is 0. The van der Waals surface area contributed by atoms with Crippen molar-refractivity contribution in [2.24, 2.45) is 5.73 Å². The van der Waals surface area contributed by atoms with Crippen LogP contribution in [-0.4, -0.2) is 17.0 Å². The van der Waals surface area contributed by atoms with E-state index in [9.17, 15) is 14.1 Å². The third-order valence-electron chi connectivity index (χ3n) is 4.20. The second-order valence-corrected chi connectivity index (χ2v) is 6.00. The lowest BCUT2D eigenvalue weighted by atomic mass is 9.94. The van der Waals surface area contributed by atoms with Gasteiger partial charge in [0.2, 0.25) is 0 Å². The molecule has 0 saturated heterocycles. The molecule has 24 heavy (non-hydrogen) atoms. The summed E-state index contributed by atoms with van der Waals surface area (Å²) in [4.78, 5) is 0. The molecule has 0 fully saturated rings. The van der Waals surface area contributed by atoms with Crippen LogP contribution in [0.3, 0.4) is 0 Å². The maximum absolute atomic E-state index is 12.4. The predicted octanol–water partition coefficient (Wildman–Crippen LogP) is 3.60. The highest BCUT2D eigenvalue weighted by molar-refractivity contribution is 5.34. The Hall–Kier alpha value is -1.82. The Morgan fingerprint density at radius 3 is 2.21 bits per heavy atom. The molecule has 5 heteroatoms. The highest BCUT2D eigenvalue weighted by atomic mass is 19.4. The van der Waals surface area contributed by atoms with Gasteiger partial charge in [0.25, 0.3) is 0 Å². The van der Waals surface area contributed by atoms with Crippen LogP contribution in [0.1, 0.15) is 40.8 Å². The summed E-state index contributed by atoms with van der Waals surface area (Å²) >= 11 is 0. The number of aryl methyl sites for hydroxylation is 2. The van der Waals surface area contributed by atoms with E-state index in [0.717, 1.165) is 35.1 Å². The van der Waals surface area contributed by atoms with Crippen LogP contribution in [0, 0.1) is 0 Å². The first kappa shape index (κ1) is 18.5. The minimum atomic E-state index is -0.801. The fourth-order valence-corrected chi connectivity index (χ4v) is 2.71. The second kappa shape index (κ2) is 8.87. The van der Waals surface area contributed by atoms with Gasteiger partial charge in [0.1, 0.15) is 0 Å².